The van der Waals surface area contributed by atoms with Gasteiger partial charge in [0, 0.05) is 25.0 Å². The lowest BCUT2D eigenvalue weighted by Gasteiger charge is -2.41. The van der Waals surface area contributed by atoms with Crippen LogP contribution in [0, 0.1) is 5.41 Å². The van der Waals surface area contributed by atoms with Crippen molar-refractivity contribution < 1.29 is 14.7 Å². The van der Waals surface area contributed by atoms with E-state index in [2.05, 4.69) is 11.4 Å². The molecule has 0 bridgehead atoms. The third kappa shape index (κ3) is 4.46. The number of nitrogens with zero attached hydrogens (tertiary/aromatic N) is 1. The molecule has 6 heteroatoms. The molecule has 0 atom stereocenters. The maximum Gasteiger partial charge on any atom is 0.317 e. The van der Waals surface area contributed by atoms with Crippen molar-refractivity contribution in [2.45, 2.75) is 32.1 Å². The van der Waals surface area contributed by atoms with Gasteiger partial charge in [-0.3, -0.25) is 4.79 Å². The number of hydrogen-bond donors (Lipinski definition) is 2. The van der Waals surface area contributed by atoms with Gasteiger partial charge in [0.25, 0.3) is 0 Å². The van der Waals surface area contributed by atoms with E-state index in [4.69, 9.17) is 5.11 Å². The smallest absolute Gasteiger partial charge is 0.317 e. The Labute approximate surface area is 129 Å². The number of carboxylic acids is 1. The molecular weight excluding hydrogens is 288 g/mol. The van der Waals surface area contributed by atoms with E-state index in [0.717, 1.165) is 25.7 Å². The number of carboxylic acid groups (broad SMARTS) is 1. The number of carbonyl (C=O) groups excluding carboxylic acids is 1. The van der Waals surface area contributed by atoms with Crippen molar-refractivity contribution >= 4 is 23.3 Å². The van der Waals surface area contributed by atoms with Crippen molar-refractivity contribution in [2.24, 2.45) is 5.41 Å². The second-order valence-electron chi connectivity index (χ2n) is 5.83. The second kappa shape index (κ2) is 6.93. The van der Waals surface area contributed by atoms with E-state index < -0.39 is 5.97 Å². The zero-order chi connectivity index (χ0) is 15.3. The third-order valence-electron chi connectivity index (χ3n) is 4.18. The van der Waals surface area contributed by atoms with Gasteiger partial charge in [0.2, 0.25) is 0 Å². The second-order valence-corrected chi connectivity index (χ2v) is 6.87. The molecule has 0 spiro atoms. The topological polar surface area (TPSA) is 69.6 Å². The van der Waals surface area contributed by atoms with Crippen LogP contribution in [0.4, 0.5) is 4.79 Å². The summed E-state index contributed by atoms with van der Waals surface area (Å²) in [6.45, 7) is 1.12. The molecule has 1 aromatic heterocycles. The van der Waals surface area contributed by atoms with Crippen LogP contribution in [-0.4, -0.2) is 42.1 Å². The Bertz CT molecular complexity index is 483. The molecule has 1 fully saturated rings. The van der Waals surface area contributed by atoms with Gasteiger partial charge in [0.1, 0.15) is 0 Å². The molecule has 1 aliphatic carbocycles. The van der Waals surface area contributed by atoms with E-state index in [1.165, 1.54) is 4.88 Å². The van der Waals surface area contributed by atoms with Crippen LogP contribution in [0.25, 0.3) is 0 Å². The van der Waals surface area contributed by atoms with E-state index in [1.807, 2.05) is 11.4 Å². The molecule has 0 aromatic carbocycles. The molecule has 2 rings (SSSR count). The van der Waals surface area contributed by atoms with Crippen LogP contribution in [0.5, 0.6) is 0 Å². The van der Waals surface area contributed by atoms with Crippen LogP contribution >= 0.6 is 11.3 Å². The zero-order valence-electron chi connectivity index (χ0n) is 12.3. The van der Waals surface area contributed by atoms with Crippen molar-refractivity contribution in [1.82, 2.24) is 10.2 Å². The highest BCUT2D eigenvalue weighted by Crippen LogP contribution is 2.43. The highest BCUT2D eigenvalue weighted by atomic mass is 32.1. The van der Waals surface area contributed by atoms with Crippen LogP contribution in [0.2, 0.25) is 0 Å². The maximum absolute atomic E-state index is 12.0. The minimum Gasteiger partial charge on any atom is -0.481 e. The molecule has 0 aliphatic heterocycles. The summed E-state index contributed by atoms with van der Waals surface area (Å²) in [6, 6.07) is 3.95. The van der Waals surface area contributed by atoms with Gasteiger partial charge in [0.05, 0.1) is 6.42 Å². The molecule has 2 amide bonds. The SMILES string of the molecule is CN(CCc1cccs1)C(=O)NCC1(CC(=O)O)CCC1. The Morgan fingerprint density at radius 2 is 2.24 bits per heavy atom. The van der Waals surface area contributed by atoms with Gasteiger partial charge in [0.15, 0.2) is 0 Å². The number of likely N-dealkylation sites (N-methyl/N-ethyl adjacent to an activating group) is 1. The van der Waals surface area contributed by atoms with Gasteiger partial charge < -0.3 is 15.3 Å². The van der Waals surface area contributed by atoms with E-state index in [1.54, 1.807) is 23.3 Å². The summed E-state index contributed by atoms with van der Waals surface area (Å²) in [7, 11) is 1.77. The summed E-state index contributed by atoms with van der Waals surface area (Å²) in [5.41, 5.74) is -0.226. The average Bonchev–Trinajstić information content (AvgIpc) is 2.91. The van der Waals surface area contributed by atoms with Crippen LogP contribution in [-0.2, 0) is 11.2 Å². The average molecular weight is 310 g/mol. The van der Waals surface area contributed by atoms with Crippen LogP contribution < -0.4 is 5.32 Å². The highest BCUT2D eigenvalue weighted by molar-refractivity contribution is 7.09. The molecule has 0 saturated heterocycles. The van der Waals surface area contributed by atoms with Gasteiger partial charge in [-0.15, -0.1) is 11.3 Å². The number of amides is 2. The fourth-order valence-electron chi connectivity index (χ4n) is 2.65. The van der Waals surface area contributed by atoms with Gasteiger partial charge in [-0.1, -0.05) is 12.5 Å². The lowest BCUT2D eigenvalue weighted by Crippen LogP contribution is -2.47. The van der Waals surface area contributed by atoms with Gasteiger partial charge >= 0.3 is 12.0 Å². The minimum atomic E-state index is -0.782. The Morgan fingerprint density at radius 1 is 1.48 bits per heavy atom. The number of hydrogen-bond acceptors (Lipinski definition) is 3. The zero-order valence-corrected chi connectivity index (χ0v) is 13.1. The highest BCUT2D eigenvalue weighted by Gasteiger charge is 2.39. The summed E-state index contributed by atoms with van der Waals surface area (Å²) < 4.78 is 0. The van der Waals surface area contributed by atoms with E-state index in [0.29, 0.717) is 13.1 Å². The summed E-state index contributed by atoms with van der Waals surface area (Å²) in [4.78, 5) is 25.9. The Morgan fingerprint density at radius 3 is 2.76 bits per heavy atom. The van der Waals surface area contributed by atoms with Gasteiger partial charge in [-0.05, 0) is 36.1 Å². The lowest BCUT2D eigenvalue weighted by atomic mass is 9.66. The molecule has 116 valence electrons. The van der Waals surface area contributed by atoms with Crippen LogP contribution in [0.1, 0.15) is 30.6 Å². The van der Waals surface area contributed by atoms with Crippen molar-refractivity contribution in [2.75, 3.05) is 20.1 Å². The maximum atomic E-state index is 12.0. The number of aliphatic carboxylic acids is 1. The van der Waals surface area contributed by atoms with Crippen molar-refractivity contribution in [3.05, 3.63) is 22.4 Å². The molecule has 5 nitrogen and oxygen atoms in total. The summed E-state index contributed by atoms with van der Waals surface area (Å²) >= 11 is 1.69. The normalized spacial score (nSPS) is 16.0. The number of thiophene rings is 1. The lowest BCUT2D eigenvalue weighted by molar-refractivity contribution is -0.141. The summed E-state index contributed by atoms with van der Waals surface area (Å²) in [5, 5.41) is 13.9. The number of urea groups is 1. The number of nitrogens with one attached hydrogen (secondary N) is 1. The van der Waals surface area contributed by atoms with Gasteiger partial charge in [-0.2, -0.15) is 0 Å². The fraction of sp³-hybridized carbons (Fsp3) is 0.600. The monoisotopic (exact) mass is 310 g/mol. The molecule has 21 heavy (non-hydrogen) atoms. The van der Waals surface area contributed by atoms with Crippen molar-refractivity contribution in [3.8, 4) is 0 Å². The molecular formula is C15H22N2O3S. The fourth-order valence-corrected chi connectivity index (χ4v) is 3.34. The standard InChI is InChI=1S/C15H22N2O3S/c1-17(8-5-12-4-2-9-21-12)14(20)16-11-15(6-3-7-15)10-13(18)19/h2,4,9H,3,5-8,10-11H2,1H3,(H,16,20)(H,18,19). The molecule has 1 aliphatic rings. The van der Waals surface area contributed by atoms with Crippen LogP contribution in [0.3, 0.4) is 0 Å². The Kier molecular flexibility index (Phi) is 5.22. The largest absolute Gasteiger partial charge is 0.481 e. The first-order chi connectivity index (χ1) is 10.0. The molecule has 2 N–H and O–H groups in total. The van der Waals surface area contributed by atoms with Crippen molar-refractivity contribution in [3.63, 3.8) is 0 Å². The number of carbonyl (C=O) groups is 2. The molecule has 0 radical (unpaired) electrons. The van der Waals surface area contributed by atoms with E-state index in [-0.39, 0.29) is 17.9 Å². The third-order valence-corrected chi connectivity index (χ3v) is 5.11. The predicted octanol–water partition coefficient (Wildman–Crippen LogP) is 2.58. The molecule has 1 saturated carbocycles. The van der Waals surface area contributed by atoms with Crippen molar-refractivity contribution in [1.29, 1.82) is 0 Å². The summed E-state index contributed by atoms with van der Waals surface area (Å²) in [6.07, 6.45) is 3.82. The molecule has 1 heterocycles. The van der Waals surface area contributed by atoms with E-state index in [9.17, 15) is 9.59 Å². The predicted molar refractivity (Wildman–Crippen MR) is 82.6 cm³/mol. The van der Waals surface area contributed by atoms with Gasteiger partial charge in [-0.25, -0.2) is 4.79 Å². The Hall–Kier alpha value is -1.56. The first kappa shape index (κ1) is 15.8. The quantitative estimate of drug-likeness (QED) is 0.813. The summed E-state index contributed by atoms with van der Waals surface area (Å²) in [5.74, 6) is -0.782. The number of rotatable bonds is 7. The first-order valence-corrected chi connectivity index (χ1v) is 8.12. The van der Waals surface area contributed by atoms with Crippen LogP contribution in [0.15, 0.2) is 17.5 Å². The Balaban J connectivity index is 1.74. The minimum absolute atomic E-state index is 0.122. The molecule has 1 aromatic rings. The molecule has 0 unspecified atom stereocenters. The first-order valence-electron chi connectivity index (χ1n) is 7.24. The van der Waals surface area contributed by atoms with E-state index >= 15 is 0 Å².